The maximum absolute atomic E-state index is 12.3. The third-order valence-electron chi connectivity index (χ3n) is 5.06. The van der Waals surface area contributed by atoms with E-state index in [1.807, 2.05) is 42.5 Å². The largest absolute Gasteiger partial charge is 0.369 e. The topological polar surface area (TPSA) is 92.1 Å². The van der Waals surface area contributed by atoms with Crippen LogP contribution in [0.25, 0.3) is 10.9 Å². The molecule has 2 heterocycles. The van der Waals surface area contributed by atoms with Gasteiger partial charge < -0.3 is 15.6 Å². The number of aromatic amines is 1. The number of hydrogen-bond donors (Lipinski definition) is 2. The minimum atomic E-state index is -0.304. The molecule has 1 aliphatic heterocycles. The number of carbonyl (C=O) groups is 1. The lowest BCUT2D eigenvalue weighted by atomic mass is 9.85. The number of aromatic nitrogens is 2. The summed E-state index contributed by atoms with van der Waals surface area (Å²) >= 11 is 0. The fourth-order valence-electron chi connectivity index (χ4n) is 3.76. The summed E-state index contributed by atoms with van der Waals surface area (Å²) in [6, 6.07) is 15.2. The minimum absolute atomic E-state index is 0.0965. The van der Waals surface area contributed by atoms with Crippen LogP contribution < -0.4 is 16.2 Å². The monoisotopic (exact) mass is 348 g/mol. The zero-order valence-corrected chi connectivity index (χ0v) is 14.5. The highest BCUT2D eigenvalue weighted by Gasteiger charge is 2.33. The molecule has 0 spiro atoms. The molecule has 2 atom stereocenters. The average Bonchev–Trinajstić information content (AvgIpc) is 2.63. The van der Waals surface area contributed by atoms with Crippen LogP contribution in [-0.2, 0) is 11.3 Å². The summed E-state index contributed by atoms with van der Waals surface area (Å²) in [5.74, 6) is 0.00938. The van der Waals surface area contributed by atoms with Gasteiger partial charge in [0.05, 0.1) is 23.4 Å². The summed E-state index contributed by atoms with van der Waals surface area (Å²) in [5, 5.41) is 0.581. The Kier molecular flexibility index (Phi) is 3.95. The molecule has 0 unspecified atom stereocenters. The van der Waals surface area contributed by atoms with Gasteiger partial charge in [0.2, 0.25) is 5.91 Å². The van der Waals surface area contributed by atoms with Crippen molar-refractivity contribution in [3.05, 3.63) is 70.3 Å². The number of para-hydroxylation sites is 2. The van der Waals surface area contributed by atoms with Crippen LogP contribution in [0.3, 0.4) is 0 Å². The van der Waals surface area contributed by atoms with Gasteiger partial charge in [-0.15, -0.1) is 0 Å². The minimum Gasteiger partial charge on any atom is -0.369 e. The van der Waals surface area contributed by atoms with E-state index in [2.05, 4.69) is 21.8 Å². The van der Waals surface area contributed by atoms with Gasteiger partial charge in [0, 0.05) is 11.7 Å². The molecule has 0 radical (unpaired) electrons. The number of benzene rings is 2. The summed E-state index contributed by atoms with van der Waals surface area (Å²) in [5.41, 5.74) is 8.04. The first kappa shape index (κ1) is 16.3. The molecule has 3 aromatic rings. The first-order valence-electron chi connectivity index (χ1n) is 8.67. The van der Waals surface area contributed by atoms with Crippen LogP contribution in [0, 0.1) is 0 Å². The third kappa shape index (κ3) is 2.73. The molecule has 1 amide bonds. The standard InChI is InChI=1S/C20H20N4O2/c1-12-10-15(19(21)25)13-6-3-5-9-17(13)24(12)11-18-22-16-8-4-2-7-14(16)20(26)23-18/h2-9,12,15H,10-11H2,1H3,(H2,21,25)(H,22,23,26)/t12-,15-/m0/s1. The van der Waals surface area contributed by atoms with E-state index < -0.39 is 0 Å². The number of H-pyrrole nitrogens is 1. The number of nitrogens with two attached hydrogens (primary N) is 1. The summed E-state index contributed by atoms with van der Waals surface area (Å²) in [4.78, 5) is 33.9. The molecule has 0 fully saturated rings. The quantitative estimate of drug-likeness (QED) is 0.759. The molecule has 0 saturated heterocycles. The van der Waals surface area contributed by atoms with Crippen LogP contribution in [0.15, 0.2) is 53.3 Å². The van der Waals surface area contributed by atoms with Gasteiger partial charge in [-0.2, -0.15) is 0 Å². The predicted octanol–water partition coefficient (Wildman–Crippen LogP) is 2.29. The second-order valence-electron chi connectivity index (χ2n) is 6.76. The lowest BCUT2D eigenvalue weighted by molar-refractivity contribution is -0.119. The zero-order chi connectivity index (χ0) is 18.3. The SMILES string of the molecule is C[C@H]1C[C@H](C(N)=O)c2ccccc2N1Cc1nc2ccccc2c(=O)[nH]1. The van der Waals surface area contributed by atoms with E-state index in [0.717, 1.165) is 11.3 Å². The highest BCUT2D eigenvalue weighted by molar-refractivity contribution is 5.85. The van der Waals surface area contributed by atoms with Gasteiger partial charge in [0.1, 0.15) is 5.82 Å². The molecular formula is C20H20N4O2. The van der Waals surface area contributed by atoms with E-state index in [9.17, 15) is 9.59 Å². The molecule has 0 saturated carbocycles. The smallest absolute Gasteiger partial charge is 0.258 e. The molecule has 3 N–H and O–H groups in total. The molecule has 26 heavy (non-hydrogen) atoms. The Morgan fingerprint density at radius 2 is 1.96 bits per heavy atom. The number of amides is 1. The number of nitrogens with zero attached hydrogens (tertiary/aromatic N) is 2. The van der Waals surface area contributed by atoms with Gasteiger partial charge in [0.15, 0.2) is 0 Å². The van der Waals surface area contributed by atoms with Crippen molar-refractivity contribution in [3.8, 4) is 0 Å². The number of nitrogens with one attached hydrogen (secondary N) is 1. The molecule has 4 rings (SSSR count). The lowest BCUT2D eigenvalue weighted by Crippen LogP contribution is -2.41. The Hall–Kier alpha value is -3.15. The average molecular weight is 348 g/mol. The number of fused-ring (bicyclic) bond motifs is 2. The molecule has 132 valence electrons. The van der Waals surface area contributed by atoms with Crippen molar-refractivity contribution in [3.63, 3.8) is 0 Å². The maximum atomic E-state index is 12.3. The van der Waals surface area contributed by atoms with E-state index >= 15 is 0 Å². The predicted molar refractivity (Wildman–Crippen MR) is 101 cm³/mol. The van der Waals surface area contributed by atoms with Crippen LogP contribution >= 0.6 is 0 Å². The van der Waals surface area contributed by atoms with Gasteiger partial charge in [0.25, 0.3) is 5.56 Å². The lowest BCUT2D eigenvalue weighted by Gasteiger charge is -2.39. The van der Waals surface area contributed by atoms with E-state index in [-0.39, 0.29) is 23.4 Å². The molecular weight excluding hydrogens is 328 g/mol. The number of hydrogen-bond acceptors (Lipinski definition) is 4. The number of primary amides is 1. The Bertz CT molecular complexity index is 1040. The number of anilines is 1. The zero-order valence-electron chi connectivity index (χ0n) is 14.5. The Balaban J connectivity index is 1.75. The van der Waals surface area contributed by atoms with Crippen LogP contribution in [0.1, 0.15) is 30.7 Å². The van der Waals surface area contributed by atoms with Crippen LogP contribution in [0.5, 0.6) is 0 Å². The van der Waals surface area contributed by atoms with Gasteiger partial charge in [-0.3, -0.25) is 9.59 Å². The van der Waals surface area contributed by atoms with Crippen LogP contribution in [0.4, 0.5) is 5.69 Å². The third-order valence-corrected chi connectivity index (χ3v) is 5.06. The summed E-state index contributed by atoms with van der Waals surface area (Å²) < 4.78 is 0. The molecule has 1 aliphatic rings. The molecule has 0 bridgehead atoms. The fourth-order valence-corrected chi connectivity index (χ4v) is 3.76. The van der Waals surface area contributed by atoms with Crippen molar-refractivity contribution < 1.29 is 4.79 Å². The van der Waals surface area contributed by atoms with E-state index in [4.69, 9.17) is 5.73 Å². The summed E-state index contributed by atoms with van der Waals surface area (Å²) in [7, 11) is 0. The number of carbonyl (C=O) groups excluding carboxylic acids is 1. The van der Waals surface area contributed by atoms with Crippen LogP contribution in [0.2, 0.25) is 0 Å². The van der Waals surface area contributed by atoms with Crippen molar-refractivity contribution >= 4 is 22.5 Å². The Morgan fingerprint density at radius 1 is 1.23 bits per heavy atom. The van der Waals surface area contributed by atoms with E-state index in [1.165, 1.54) is 0 Å². The summed E-state index contributed by atoms with van der Waals surface area (Å²) in [6.45, 7) is 2.52. The molecule has 0 aliphatic carbocycles. The van der Waals surface area contributed by atoms with Gasteiger partial charge >= 0.3 is 0 Å². The maximum Gasteiger partial charge on any atom is 0.258 e. The molecule has 1 aromatic heterocycles. The van der Waals surface area contributed by atoms with Gasteiger partial charge in [-0.05, 0) is 37.1 Å². The van der Waals surface area contributed by atoms with E-state index in [0.29, 0.717) is 29.7 Å². The fraction of sp³-hybridized carbons (Fsp3) is 0.250. The highest BCUT2D eigenvalue weighted by atomic mass is 16.1. The van der Waals surface area contributed by atoms with Crippen molar-refractivity contribution in [1.29, 1.82) is 0 Å². The molecule has 6 nitrogen and oxygen atoms in total. The van der Waals surface area contributed by atoms with Gasteiger partial charge in [-0.25, -0.2) is 4.98 Å². The second-order valence-corrected chi connectivity index (χ2v) is 6.76. The first-order valence-corrected chi connectivity index (χ1v) is 8.67. The van der Waals surface area contributed by atoms with Gasteiger partial charge in [-0.1, -0.05) is 30.3 Å². The number of rotatable bonds is 3. The molecule has 2 aromatic carbocycles. The first-order chi connectivity index (χ1) is 12.5. The van der Waals surface area contributed by atoms with Crippen molar-refractivity contribution in [2.75, 3.05) is 4.90 Å². The highest BCUT2D eigenvalue weighted by Crippen LogP contribution is 2.38. The van der Waals surface area contributed by atoms with Crippen molar-refractivity contribution in [2.45, 2.75) is 31.8 Å². The Morgan fingerprint density at radius 3 is 2.77 bits per heavy atom. The Labute approximate surface area is 150 Å². The van der Waals surface area contributed by atoms with Crippen LogP contribution in [-0.4, -0.2) is 21.9 Å². The summed E-state index contributed by atoms with van der Waals surface area (Å²) in [6.07, 6.45) is 0.643. The van der Waals surface area contributed by atoms with E-state index in [1.54, 1.807) is 6.07 Å². The molecule has 6 heteroatoms. The van der Waals surface area contributed by atoms with Crippen molar-refractivity contribution in [2.24, 2.45) is 5.73 Å². The van der Waals surface area contributed by atoms with Crippen molar-refractivity contribution in [1.82, 2.24) is 9.97 Å². The normalized spacial score (nSPS) is 19.3. The second kappa shape index (κ2) is 6.29.